The highest BCUT2D eigenvalue weighted by molar-refractivity contribution is 6.33. The number of nitrogens with one attached hydrogen (secondary N) is 1. The van der Waals surface area contributed by atoms with Gasteiger partial charge in [0.2, 0.25) is 0 Å². The Bertz CT molecular complexity index is 886. The molecule has 0 aliphatic rings. The van der Waals surface area contributed by atoms with Crippen LogP contribution in [0.3, 0.4) is 0 Å². The van der Waals surface area contributed by atoms with E-state index in [4.69, 9.17) is 27.6 Å². The zero-order valence-electron chi connectivity index (χ0n) is 12.4. The largest absolute Gasteiger partial charge is 0.455 e. The second kappa shape index (κ2) is 7.34. The van der Waals surface area contributed by atoms with Crippen molar-refractivity contribution in [1.82, 2.24) is 5.43 Å². The van der Waals surface area contributed by atoms with Crippen LogP contribution >= 0.6 is 23.2 Å². The van der Waals surface area contributed by atoms with E-state index in [1.807, 2.05) is 18.2 Å². The molecule has 1 aromatic heterocycles. The number of benzene rings is 2. The minimum Gasteiger partial charge on any atom is -0.455 e. The number of carbonyl (C=O) groups is 1. The summed E-state index contributed by atoms with van der Waals surface area (Å²) in [4.78, 5) is 11.9. The molecule has 6 heteroatoms. The lowest BCUT2D eigenvalue weighted by molar-refractivity contribution is 0.0955. The fraction of sp³-hybridized carbons (Fsp3) is 0. The first-order chi connectivity index (χ1) is 11.6. The van der Waals surface area contributed by atoms with E-state index < -0.39 is 0 Å². The molecule has 0 bridgehead atoms. The van der Waals surface area contributed by atoms with Crippen LogP contribution in [0, 0.1) is 0 Å². The number of furan rings is 1. The maximum Gasteiger partial charge on any atom is 0.271 e. The Kier molecular flexibility index (Phi) is 4.99. The van der Waals surface area contributed by atoms with Crippen molar-refractivity contribution in [2.45, 2.75) is 0 Å². The van der Waals surface area contributed by atoms with Gasteiger partial charge in [-0.25, -0.2) is 5.43 Å². The number of hydrogen-bond donors (Lipinski definition) is 1. The Hall–Kier alpha value is -2.56. The zero-order chi connectivity index (χ0) is 16.9. The molecule has 3 rings (SSSR count). The number of halogens is 2. The fourth-order valence-corrected chi connectivity index (χ4v) is 2.40. The highest BCUT2D eigenvalue weighted by Crippen LogP contribution is 2.28. The fourth-order valence-electron chi connectivity index (χ4n) is 2.05. The molecule has 4 nitrogen and oxygen atoms in total. The molecule has 1 N–H and O–H groups in total. The van der Waals surface area contributed by atoms with Gasteiger partial charge in [0.15, 0.2) is 0 Å². The standard InChI is InChI=1S/C18H12Cl2N2O2/c19-13-7-5-12(6-8-13)18(23)22-21-11-14-9-10-17(24-14)15-3-1-2-4-16(15)20/h1-11H,(H,22,23). The summed E-state index contributed by atoms with van der Waals surface area (Å²) in [6, 6.07) is 17.5. The second-order valence-corrected chi connectivity index (χ2v) is 5.73. The number of rotatable bonds is 4. The van der Waals surface area contributed by atoms with E-state index in [1.54, 1.807) is 42.5 Å². The van der Waals surface area contributed by atoms with Crippen LogP contribution < -0.4 is 5.43 Å². The molecule has 0 saturated heterocycles. The van der Waals surface area contributed by atoms with Crippen molar-refractivity contribution < 1.29 is 9.21 Å². The number of hydrogen-bond acceptors (Lipinski definition) is 3. The van der Waals surface area contributed by atoms with Crippen molar-refractivity contribution in [3.05, 3.63) is 82.0 Å². The highest BCUT2D eigenvalue weighted by Gasteiger charge is 2.07. The molecule has 24 heavy (non-hydrogen) atoms. The molecule has 0 radical (unpaired) electrons. The molecular weight excluding hydrogens is 347 g/mol. The van der Waals surface area contributed by atoms with E-state index >= 15 is 0 Å². The van der Waals surface area contributed by atoms with E-state index in [0.717, 1.165) is 5.56 Å². The highest BCUT2D eigenvalue weighted by atomic mass is 35.5. The Morgan fingerprint density at radius 3 is 2.50 bits per heavy atom. The van der Waals surface area contributed by atoms with Gasteiger partial charge in [-0.2, -0.15) is 5.10 Å². The summed E-state index contributed by atoms with van der Waals surface area (Å²) in [5.74, 6) is 0.799. The number of nitrogens with zero attached hydrogens (tertiary/aromatic N) is 1. The molecule has 2 aromatic carbocycles. The lowest BCUT2D eigenvalue weighted by atomic mass is 10.2. The summed E-state index contributed by atoms with van der Waals surface area (Å²) in [6.45, 7) is 0. The molecule has 0 fully saturated rings. The topological polar surface area (TPSA) is 54.6 Å². The summed E-state index contributed by atoms with van der Waals surface area (Å²) >= 11 is 11.9. The van der Waals surface area contributed by atoms with Gasteiger partial charge in [0.1, 0.15) is 11.5 Å². The third-order valence-corrected chi connectivity index (χ3v) is 3.81. The van der Waals surface area contributed by atoms with Crippen molar-refractivity contribution >= 4 is 35.3 Å². The van der Waals surface area contributed by atoms with Crippen LogP contribution in [0.2, 0.25) is 10.0 Å². The normalized spacial score (nSPS) is 10.9. The first-order valence-corrected chi connectivity index (χ1v) is 7.83. The van der Waals surface area contributed by atoms with E-state index in [-0.39, 0.29) is 5.91 Å². The average Bonchev–Trinajstić information content (AvgIpc) is 3.04. The van der Waals surface area contributed by atoms with Crippen LogP contribution in [0.25, 0.3) is 11.3 Å². The molecule has 120 valence electrons. The van der Waals surface area contributed by atoms with E-state index in [2.05, 4.69) is 10.5 Å². The van der Waals surface area contributed by atoms with Gasteiger partial charge in [0, 0.05) is 16.1 Å². The first kappa shape index (κ1) is 16.3. The molecule has 0 saturated carbocycles. The monoisotopic (exact) mass is 358 g/mol. The molecule has 1 amide bonds. The Balaban J connectivity index is 1.66. The van der Waals surface area contributed by atoms with Crippen LogP contribution in [0.1, 0.15) is 16.1 Å². The van der Waals surface area contributed by atoms with Gasteiger partial charge >= 0.3 is 0 Å². The predicted molar refractivity (Wildman–Crippen MR) is 95.7 cm³/mol. The van der Waals surface area contributed by atoms with Crippen molar-refractivity contribution in [3.63, 3.8) is 0 Å². The Morgan fingerprint density at radius 2 is 1.75 bits per heavy atom. The molecule has 0 aliphatic heterocycles. The van der Waals surface area contributed by atoms with Crippen LogP contribution in [0.15, 0.2) is 70.2 Å². The third-order valence-electron chi connectivity index (χ3n) is 3.23. The molecular formula is C18H12Cl2N2O2. The summed E-state index contributed by atoms with van der Waals surface area (Å²) in [7, 11) is 0. The molecule has 0 spiro atoms. The number of hydrazone groups is 1. The SMILES string of the molecule is O=C(NN=Cc1ccc(-c2ccccc2Cl)o1)c1ccc(Cl)cc1. The molecule has 0 atom stereocenters. The minimum atomic E-state index is -0.333. The van der Waals surface area contributed by atoms with Crippen molar-refractivity contribution in [2.75, 3.05) is 0 Å². The molecule has 0 unspecified atom stereocenters. The first-order valence-electron chi connectivity index (χ1n) is 7.07. The van der Waals surface area contributed by atoms with E-state index in [1.165, 1.54) is 6.21 Å². The van der Waals surface area contributed by atoms with Gasteiger partial charge in [0.25, 0.3) is 5.91 Å². The quantitative estimate of drug-likeness (QED) is 0.525. The van der Waals surface area contributed by atoms with Crippen LogP contribution in [0.5, 0.6) is 0 Å². The Morgan fingerprint density at radius 1 is 1.00 bits per heavy atom. The predicted octanol–water partition coefficient (Wildman–Crippen LogP) is 5.02. The van der Waals surface area contributed by atoms with E-state index in [0.29, 0.717) is 27.1 Å². The summed E-state index contributed by atoms with van der Waals surface area (Å²) in [5.41, 5.74) is 3.69. The van der Waals surface area contributed by atoms with Gasteiger partial charge in [-0.1, -0.05) is 35.3 Å². The molecule has 1 heterocycles. The van der Waals surface area contributed by atoms with Crippen LogP contribution in [0.4, 0.5) is 0 Å². The van der Waals surface area contributed by atoms with Crippen LogP contribution in [-0.2, 0) is 0 Å². The van der Waals surface area contributed by atoms with Gasteiger partial charge in [-0.15, -0.1) is 0 Å². The molecule has 0 aliphatic carbocycles. The van der Waals surface area contributed by atoms with Crippen LogP contribution in [-0.4, -0.2) is 12.1 Å². The van der Waals surface area contributed by atoms with Gasteiger partial charge in [-0.3, -0.25) is 4.79 Å². The smallest absolute Gasteiger partial charge is 0.271 e. The minimum absolute atomic E-state index is 0.333. The maximum absolute atomic E-state index is 11.9. The number of amides is 1. The van der Waals surface area contributed by atoms with Gasteiger partial charge in [-0.05, 0) is 48.5 Å². The van der Waals surface area contributed by atoms with Crippen molar-refractivity contribution in [1.29, 1.82) is 0 Å². The molecule has 3 aromatic rings. The van der Waals surface area contributed by atoms with Gasteiger partial charge in [0.05, 0.1) is 11.2 Å². The second-order valence-electron chi connectivity index (χ2n) is 4.89. The maximum atomic E-state index is 11.9. The van der Waals surface area contributed by atoms with E-state index in [9.17, 15) is 4.79 Å². The van der Waals surface area contributed by atoms with Crippen molar-refractivity contribution in [2.24, 2.45) is 5.10 Å². The summed E-state index contributed by atoms with van der Waals surface area (Å²) in [6.07, 6.45) is 1.42. The number of carbonyl (C=O) groups excluding carboxylic acids is 1. The van der Waals surface area contributed by atoms with Crippen molar-refractivity contribution in [3.8, 4) is 11.3 Å². The summed E-state index contributed by atoms with van der Waals surface area (Å²) < 4.78 is 5.65. The summed E-state index contributed by atoms with van der Waals surface area (Å²) in [5, 5.41) is 5.06. The lowest BCUT2D eigenvalue weighted by Gasteiger charge is -1.99. The zero-order valence-corrected chi connectivity index (χ0v) is 13.9. The van der Waals surface area contributed by atoms with Gasteiger partial charge < -0.3 is 4.42 Å². The third kappa shape index (κ3) is 3.85. The Labute approximate surface area is 148 Å². The lowest BCUT2D eigenvalue weighted by Crippen LogP contribution is -2.17. The average molecular weight is 359 g/mol.